The summed E-state index contributed by atoms with van der Waals surface area (Å²) in [6, 6.07) is 14.5. The smallest absolute Gasteiger partial charge is 0.269 e. The maximum Gasteiger partial charge on any atom is 0.269 e. The van der Waals surface area contributed by atoms with Crippen LogP contribution in [0, 0.1) is 10.1 Å². The number of non-ortho nitro benzene ring substituents is 1. The van der Waals surface area contributed by atoms with Crippen LogP contribution >= 0.6 is 0 Å². The number of benzene rings is 2. The summed E-state index contributed by atoms with van der Waals surface area (Å²) in [5.74, 6) is 0.418. The number of nitro groups is 1. The lowest BCUT2D eigenvalue weighted by atomic mass is 10.0. The monoisotopic (exact) mass is 256 g/mol. The van der Waals surface area contributed by atoms with Gasteiger partial charge in [-0.25, -0.2) is 0 Å². The minimum atomic E-state index is -0.397. The zero-order chi connectivity index (χ0) is 13.8. The number of anilines is 2. The zero-order valence-corrected chi connectivity index (χ0v) is 11.0. The second-order valence-electron chi connectivity index (χ2n) is 4.67. The van der Waals surface area contributed by atoms with Crippen molar-refractivity contribution in [2.75, 3.05) is 5.32 Å². The number of para-hydroxylation sites is 1. The van der Waals surface area contributed by atoms with Crippen LogP contribution in [0.1, 0.15) is 25.3 Å². The molecule has 0 aliphatic heterocycles. The van der Waals surface area contributed by atoms with Gasteiger partial charge in [0, 0.05) is 23.5 Å². The summed E-state index contributed by atoms with van der Waals surface area (Å²) >= 11 is 0. The van der Waals surface area contributed by atoms with Gasteiger partial charge >= 0.3 is 0 Å². The Labute approximate surface area is 112 Å². The molecule has 0 fully saturated rings. The number of nitrogens with one attached hydrogen (secondary N) is 1. The number of nitrogens with zero attached hydrogens (tertiary/aromatic N) is 1. The molecule has 0 bridgehead atoms. The Hall–Kier alpha value is -2.36. The van der Waals surface area contributed by atoms with Crippen molar-refractivity contribution >= 4 is 17.1 Å². The van der Waals surface area contributed by atoms with E-state index in [1.54, 1.807) is 12.1 Å². The van der Waals surface area contributed by atoms with Crippen LogP contribution in [0.5, 0.6) is 0 Å². The van der Waals surface area contributed by atoms with E-state index in [2.05, 4.69) is 25.2 Å². The van der Waals surface area contributed by atoms with Gasteiger partial charge in [-0.3, -0.25) is 10.1 Å². The van der Waals surface area contributed by atoms with E-state index >= 15 is 0 Å². The molecule has 0 unspecified atom stereocenters. The van der Waals surface area contributed by atoms with Crippen molar-refractivity contribution in [2.24, 2.45) is 0 Å². The van der Waals surface area contributed by atoms with Crippen LogP contribution in [0.2, 0.25) is 0 Å². The maximum atomic E-state index is 10.6. The summed E-state index contributed by atoms with van der Waals surface area (Å²) in [7, 11) is 0. The SMILES string of the molecule is CC(C)c1ccccc1Nc1ccc([N+](=O)[O-])cc1. The van der Waals surface area contributed by atoms with Crippen LogP contribution in [0.3, 0.4) is 0 Å². The molecule has 0 aliphatic carbocycles. The first kappa shape index (κ1) is 13.1. The topological polar surface area (TPSA) is 55.2 Å². The van der Waals surface area contributed by atoms with Gasteiger partial charge in [-0.15, -0.1) is 0 Å². The number of rotatable bonds is 4. The Morgan fingerprint density at radius 1 is 1.05 bits per heavy atom. The van der Waals surface area contributed by atoms with E-state index in [-0.39, 0.29) is 5.69 Å². The molecule has 0 spiro atoms. The van der Waals surface area contributed by atoms with E-state index in [1.807, 2.05) is 18.2 Å². The van der Waals surface area contributed by atoms with Gasteiger partial charge in [0.25, 0.3) is 5.69 Å². The first-order chi connectivity index (χ1) is 9.08. The Morgan fingerprint density at radius 2 is 1.68 bits per heavy atom. The number of hydrogen-bond acceptors (Lipinski definition) is 3. The average Bonchev–Trinajstić information content (AvgIpc) is 2.39. The Balaban J connectivity index is 2.24. The molecule has 19 heavy (non-hydrogen) atoms. The molecule has 2 rings (SSSR count). The average molecular weight is 256 g/mol. The molecule has 98 valence electrons. The quantitative estimate of drug-likeness (QED) is 0.649. The summed E-state index contributed by atoms with van der Waals surface area (Å²) in [5.41, 5.74) is 3.20. The van der Waals surface area contributed by atoms with Gasteiger partial charge < -0.3 is 5.32 Å². The minimum absolute atomic E-state index is 0.0997. The summed E-state index contributed by atoms with van der Waals surface area (Å²) in [6.07, 6.45) is 0. The molecule has 0 aromatic heterocycles. The third-order valence-corrected chi connectivity index (χ3v) is 2.94. The Morgan fingerprint density at radius 3 is 2.26 bits per heavy atom. The summed E-state index contributed by atoms with van der Waals surface area (Å²) < 4.78 is 0. The van der Waals surface area contributed by atoms with Crippen LogP contribution in [0.15, 0.2) is 48.5 Å². The Bertz CT molecular complexity index is 577. The standard InChI is InChI=1S/C15H16N2O2/c1-11(2)14-5-3-4-6-15(14)16-12-7-9-13(10-8-12)17(18)19/h3-11,16H,1-2H3. The number of nitro benzene ring substituents is 1. The van der Waals surface area contributed by atoms with Crippen molar-refractivity contribution in [1.29, 1.82) is 0 Å². The highest BCUT2D eigenvalue weighted by molar-refractivity contribution is 5.64. The lowest BCUT2D eigenvalue weighted by Gasteiger charge is -2.14. The third kappa shape index (κ3) is 3.10. The first-order valence-corrected chi connectivity index (χ1v) is 6.18. The number of hydrogen-bond donors (Lipinski definition) is 1. The molecular weight excluding hydrogens is 240 g/mol. The van der Waals surface area contributed by atoms with Crippen LogP contribution in [-0.4, -0.2) is 4.92 Å². The van der Waals surface area contributed by atoms with Gasteiger partial charge in [0.2, 0.25) is 0 Å². The summed E-state index contributed by atoms with van der Waals surface area (Å²) in [6.45, 7) is 4.27. The molecule has 2 aromatic rings. The van der Waals surface area contributed by atoms with Crippen molar-refractivity contribution in [3.05, 3.63) is 64.2 Å². The molecule has 0 heterocycles. The van der Waals surface area contributed by atoms with E-state index in [9.17, 15) is 10.1 Å². The van der Waals surface area contributed by atoms with Crippen molar-refractivity contribution in [2.45, 2.75) is 19.8 Å². The Kier molecular flexibility index (Phi) is 3.80. The highest BCUT2D eigenvalue weighted by Crippen LogP contribution is 2.27. The van der Waals surface area contributed by atoms with Gasteiger partial charge in [0.1, 0.15) is 0 Å². The molecule has 0 saturated heterocycles. The fourth-order valence-corrected chi connectivity index (χ4v) is 1.94. The van der Waals surface area contributed by atoms with Crippen molar-refractivity contribution < 1.29 is 4.92 Å². The predicted molar refractivity (Wildman–Crippen MR) is 76.9 cm³/mol. The molecular formula is C15H16N2O2. The van der Waals surface area contributed by atoms with Gasteiger partial charge in [-0.2, -0.15) is 0 Å². The van der Waals surface area contributed by atoms with Crippen LogP contribution < -0.4 is 5.32 Å². The highest BCUT2D eigenvalue weighted by Gasteiger charge is 2.07. The minimum Gasteiger partial charge on any atom is -0.355 e. The molecule has 0 saturated carbocycles. The molecule has 0 radical (unpaired) electrons. The van der Waals surface area contributed by atoms with E-state index in [4.69, 9.17) is 0 Å². The van der Waals surface area contributed by atoms with E-state index in [1.165, 1.54) is 17.7 Å². The van der Waals surface area contributed by atoms with Gasteiger partial charge in [-0.1, -0.05) is 32.0 Å². The zero-order valence-electron chi connectivity index (χ0n) is 11.0. The van der Waals surface area contributed by atoms with Crippen molar-refractivity contribution in [3.8, 4) is 0 Å². The molecule has 0 amide bonds. The lowest BCUT2D eigenvalue weighted by molar-refractivity contribution is -0.384. The fourth-order valence-electron chi connectivity index (χ4n) is 1.94. The molecule has 0 aliphatic rings. The predicted octanol–water partition coefficient (Wildman–Crippen LogP) is 4.46. The summed E-state index contributed by atoms with van der Waals surface area (Å²) in [5, 5.41) is 13.9. The van der Waals surface area contributed by atoms with E-state index < -0.39 is 4.92 Å². The van der Waals surface area contributed by atoms with Crippen LogP contribution in [0.25, 0.3) is 0 Å². The molecule has 4 nitrogen and oxygen atoms in total. The van der Waals surface area contributed by atoms with E-state index in [0.29, 0.717) is 5.92 Å². The fraction of sp³-hybridized carbons (Fsp3) is 0.200. The van der Waals surface area contributed by atoms with Gasteiger partial charge in [-0.05, 0) is 29.7 Å². The third-order valence-electron chi connectivity index (χ3n) is 2.94. The lowest BCUT2D eigenvalue weighted by Crippen LogP contribution is -1.97. The molecule has 1 N–H and O–H groups in total. The molecule has 4 heteroatoms. The highest BCUT2D eigenvalue weighted by atomic mass is 16.6. The molecule has 2 aromatic carbocycles. The van der Waals surface area contributed by atoms with Gasteiger partial charge in [0.15, 0.2) is 0 Å². The summed E-state index contributed by atoms with van der Waals surface area (Å²) in [4.78, 5) is 10.2. The van der Waals surface area contributed by atoms with Crippen LogP contribution in [0.4, 0.5) is 17.1 Å². The normalized spacial score (nSPS) is 10.5. The first-order valence-electron chi connectivity index (χ1n) is 6.18. The molecule has 0 atom stereocenters. The van der Waals surface area contributed by atoms with Crippen molar-refractivity contribution in [3.63, 3.8) is 0 Å². The maximum absolute atomic E-state index is 10.6. The second-order valence-corrected chi connectivity index (χ2v) is 4.67. The largest absolute Gasteiger partial charge is 0.355 e. The van der Waals surface area contributed by atoms with Crippen molar-refractivity contribution in [1.82, 2.24) is 0 Å². The van der Waals surface area contributed by atoms with Gasteiger partial charge in [0.05, 0.1) is 4.92 Å². The van der Waals surface area contributed by atoms with Crippen LogP contribution in [-0.2, 0) is 0 Å². The van der Waals surface area contributed by atoms with E-state index in [0.717, 1.165) is 11.4 Å². The second kappa shape index (κ2) is 5.52.